The van der Waals surface area contributed by atoms with Crippen LogP contribution in [0.4, 0.5) is 0 Å². The molecule has 8 heteroatoms. The molecule has 26 heavy (non-hydrogen) atoms. The maximum absolute atomic E-state index is 11.9. The van der Waals surface area contributed by atoms with E-state index in [-0.39, 0.29) is 17.6 Å². The predicted molar refractivity (Wildman–Crippen MR) is 94.6 cm³/mol. The van der Waals surface area contributed by atoms with Gasteiger partial charge in [0.15, 0.2) is 5.76 Å². The summed E-state index contributed by atoms with van der Waals surface area (Å²) in [7, 11) is 0. The van der Waals surface area contributed by atoms with Gasteiger partial charge in [-0.25, -0.2) is 0 Å². The second-order valence-corrected chi connectivity index (χ2v) is 6.43. The zero-order valence-electron chi connectivity index (χ0n) is 14.9. The number of aryl methyl sites for hydroxylation is 1. The largest absolute Gasteiger partial charge is 0.459 e. The van der Waals surface area contributed by atoms with E-state index < -0.39 is 0 Å². The van der Waals surface area contributed by atoms with Crippen molar-refractivity contribution in [1.82, 2.24) is 25.4 Å². The highest BCUT2D eigenvalue weighted by Gasteiger charge is 2.14. The van der Waals surface area contributed by atoms with Crippen LogP contribution in [-0.4, -0.2) is 39.7 Å². The third-order valence-electron chi connectivity index (χ3n) is 4.47. The predicted octanol–water partition coefficient (Wildman–Crippen LogP) is 1.47. The summed E-state index contributed by atoms with van der Waals surface area (Å²) in [6.07, 6.45) is 7.65. The number of nitrogens with zero attached hydrogens (tertiary/aromatic N) is 3. The molecule has 2 aromatic heterocycles. The van der Waals surface area contributed by atoms with Crippen LogP contribution in [0, 0.1) is 0 Å². The molecule has 3 rings (SSSR count). The highest BCUT2D eigenvalue weighted by atomic mass is 16.3. The van der Waals surface area contributed by atoms with Crippen molar-refractivity contribution in [3.8, 4) is 0 Å². The van der Waals surface area contributed by atoms with Crippen molar-refractivity contribution in [3.05, 3.63) is 35.8 Å². The number of amides is 2. The Morgan fingerprint density at radius 2 is 2.08 bits per heavy atom. The number of aromatic nitrogens is 3. The highest BCUT2D eigenvalue weighted by molar-refractivity contribution is 5.91. The zero-order valence-corrected chi connectivity index (χ0v) is 14.9. The van der Waals surface area contributed by atoms with Crippen LogP contribution >= 0.6 is 0 Å². The molecule has 0 aromatic carbocycles. The van der Waals surface area contributed by atoms with Crippen molar-refractivity contribution in [1.29, 1.82) is 0 Å². The van der Waals surface area contributed by atoms with E-state index in [1.54, 1.807) is 12.1 Å². The second kappa shape index (κ2) is 9.17. The number of hydrogen-bond donors (Lipinski definition) is 2. The van der Waals surface area contributed by atoms with Crippen molar-refractivity contribution in [2.45, 2.75) is 51.5 Å². The summed E-state index contributed by atoms with van der Waals surface area (Å²) >= 11 is 0. The molecule has 0 atom stereocenters. The maximum Gasteiger partial charge on any atom is 0.286 e. The van der Waals surface area contributed by atoms with E-state index in [9.17, 15) is 9.59 Å². The molecular formula is C18H25N5O3. The minimum atomic E-state index is -0.261. The van der Waals surface area contributed by atoms with Gasteiger partial charge < -0.3 is 19.6 Å². The first kappa shape index (κ1) is 18.2. The third kappa shape index (κ3) is 4.93. The van der Waals surface area contributed by atoms with Crippen LogP contribution in [0.2, 0.25) is 0 Å². The summed E-state index contributed by atoms with van der Waals surface area (Å²) in [5, 5.41) is 14.2. The average Bonchev–Trinajstić information content (AvgIpc) is 3.24. The van der Waals surface area contributed by atoms with E-state index in [2.05, 4.69) is 25.4 Å². The highest BCUT2D eigenvalue weighted by Crippen LogP contribution is 2.14. The normalized spacial score (nSPS) is 13.7. The first-order valence-electron chi connectivity index (χ1n) is 9.23. The van der Waals surface area contributed by atoms with Gasteiger partial charge in [-0.1, -0.05) is 6.42 Å². The Labute approximate surface area is 152 Å². The van der Waals surface area contributed by atoms with Gasteiger partial charge in [0.25, 0.3) is 5.91 Å². The number of carbonyl (C=O) groups is 2. The minimum absolute atomic E-state index is 0.0205. The van der Waals surface area contributed by atoms with Crippen molar-refractivity contribution in [3.63, 3.8) is 0 Å². The SMILES string of the molecule is O=C(CCCNC(=O)c1ccco1)NCCc1nnc2n1CCCCC2. The van der Waals surface area contributed by atoms with Gasteiger partial charge in [0, 0.05) is 38.9 Å². The Hall–Kier alpha value is -2.64. The van der Waals surface area contributed by atoms with E-state index >= 15 is 0 Å². The van der Waals surface area contributed by atoms with Crippen LogP contribution in [0.5, 0.6) is 0 Å². The Bertz CT molecular complexity index is 723. The van der Waals surface area contributed by atoms with Gasteiger partial charge in [0.1, 0.15) is 11.6 Å². The van der Waals surface area contributed by atoms with Gasteiger partial charge >= 0.3 is 0 Å². The summed E-state index contributed by atoms with van der Waals surface area (Å²) in [5.41, 5.74) is 0. The molecule has 0 spiro atoms. The molecule has 3 heterocycles. The molecule has 2 N–H and O–H groups in total. The molecule has 1 aliphatic rings. The summed E-state index contributed by atoms with van der Waals surface area (Å²) in [4.78, 5) is 23.6. The molecule has 0 saturated heterocycles. The quantitative estimate of drug-likeness (QED) is 0.695. The van der Waals surface area contributed by atoms with E-state index in [1.165, 1.54) is 19.1 Å². The molecular weight excluding hydrogens is 334 g/mol. The van der Waals surface area contributed by atoms with Crippen LogP contribution in [0.15, 0.2) is 22.8 Å². The smallest absolute Gasteiger partial charge is 0.286 e. The van der Waals surface area contributed by atoms with Gasteiger partial charge in [-0.2, -0.15) is 0 Å². The van der Waals surface area contributed by atoms with Gasteiger partial charge in [-0.15, -0.1) is 10.2 Å². The Balaban J connectivity index is 1.31. The Kier molecular flexibility index (Phi) is 6.40. The van der Waals surface area contributed by atoms with Crippen LogP contribution in [0.25, 0.3) is 0 Å². The number of furan rings is 1. The van der Waals surface area contributed by atoms with Gasteiger partial charge in [0.2, 0.25) is 5.91 Å². The van der Waals surface area contributed by atoms with E-state index in [4.69, 9.17) is 4.42 Å². The Morgan fingerprint density at radius 1 is 1.15 bits per heavy atom. The maximum atomic E-state index is 11.9. The van der Waals surface area contributed by atoms with Gasteiger partial charge in [-0.05, 0) is 31.4 Å². The monoisotopic (exact) mass is 359 g/mol. The van der Waals surface area contributed by atoms with Crippen molar-refractivity contribution in [2.75, 3.05) is 13.1 Å². The lowest BCUT2D eigenvalue weighted by Crippen LogP contribution is -2.28. The standard InChI is InChI=1S/C18H25N5O3/c24-17(8-4-10-20-18(25)14-6-5-13-26-14)19-11-9-16-22-21-15-7-2-1-3-12-23(15)16/h5-6,13H,1-4,7-12H2,(H,19,24)(H,20,25). The molecule has 0 aliphatic carbocycles. The van der Waals surface area contributed by atoms with Gasteiger partial charge in [-0.3, -0.25) is 9.59 Å². The molecule has 0 fully saturated rings. The number of nitrogens with one attached hydrogen (secondary N) is 2. The molecule has 0 unspecified atom stereocenters. The first-order valence-corrected chi connectivity index (χ1v) is 9.23. The number of hydrogen-bond acceptors (Lipinski definition) is 5. The summed E-state index contributed by atoms with van der Waals surface area (Å²) in [5.74, 6) is 2.02. The number of fused-ring (bicyclic) bond motifs is 1. The fraction of sp³-hybridized carbons (Fsp3) is 0.556. The van der Waals surface area contributed by atoms with Crippen molar-refractivity contribution < 1.29 is 14.0 Å². The molecule has 2 aromatic rings. The van der Waals surface area contributed by atoms with Crippen molar-refractivity contribution in [2.24, 2.45) is 0 Å². The van der Waals surface area contributed by atoms with E-state index in [0.717, 1.165) is 31.0 Å². The molecule has 8 nitrogen and oxygen atoms in total. The molecule has 0 bridgehead atoms. The lowest BCUT2D eigenvalue weighted by molar-refractivity contribution is -0.121. The molecule has 140 valence electrons. The lowest BCUT2D eigenvalue weighted by Gasteiger charge is -2.08. The molecule has 1 aliphatic heterocycles. The summed E-state index contributed by atoms with van der Waals surface area (Å²) < 4.78 is 7.20. The Morgan fingerprint density at radius 3 is 2.92 bits per heavy atom. The number of carbonyl (C=O) groups excluding carboxylic acids is 2. The third-order valence-corrected chi connectivity index (χ3v) is 4.47. The van der Waals surface area contributed by atoms with E-state index in [0.29, 0.717) is 32.4 Å². The summed E-state index contributed by atoms with van der Waals surface area (Å²) in [6.45, 7) is 1.96. The number of rotatable bonds is 8. The lowest BCUT2D eigenvalue weighted by atomic mass is 10.2. The summed E-state index contributed by atoms with van der Waals surface area (Å²) in [6, 6.07) is 3.27. The van der Waals surface area contributed by atoms with Crippen LogP contribution in [0.1, 0.15) is 54.3 Å². The average molecular weight is 359 g/mol. The molecule has 0 radical (unpaired) electrons. The van der Waals surface area contributed by atoms with Crippen LogP contribution in [-0.2, 0) is 24.2 Å². The van der Waals surface area contributed by atoms with Crippen LogP contribution < -0.4 is 10.6 Å². The van der Waals surface area contributed by atoms with Gasteiger partial charge in [0.05, 0.1) is 6.26 Å². The fourth-order valence-electron chi connectivity index (χ4n) is 3.08. The van der Waals surface area contributed by atoms with Crippen LogP contribution in [0.3, 0.4) is 0 Å². The molecule has 2 amide bonds. The second-order valence-electron chi connectivity index (χ2n) is 6.43. The zero-order chi connectivity index (χ0) is 18.2. The first-order chi connectivity index (χ1) is 12.7. The van der Waals surface area contributed by atoms with E-state index in [1.807, 2.05) is 0 Å². The fourth-order valence-corrected chi connectivity index (χ4v) is 3.08. The molecule has 0 saturated carbocycles. The van der Waals surface area contributed by atoms with Crippen molar-refractivity contribution >= 4 is 11.8 Å². The minimum Gasteiger partial charge on any atom is -0.459 e. The topological polar surface area (TPSA) is 102 Å².